The van der Waals surface area contributed by atoms with Crippen LogP contribution in [0.3, 0.4) is 0 Å². The van der Waals surface area contributed by atoms with E-state index in [4.69, 9.17) is 4.98 Å². The molecule has 168 valence electrons. The van der Waals surface area contributed by atoms with E-state index in [0.717, 1.165) is 62.8 Å². The van der Waals surface area contributed by atoms with Gasteiger partial charge in [0.05, 0.1) is 18.3 Å². The van der Waals surface area contributed by atoms with Gasteiger partial charge in [-0.2, -0.15) is 0 Å². The molecule has 1 unspecified atom stereocenters. The van der Waals surface area contributed by atoms with Crippen LogP contribution in [0.4, 0.5) is 0 Å². The van der Waals surface area contributed by atoms with Gasteiger partial charge in [0, 0.05) is 55.1 Å². The largest absolute Gasteiger partial charge is 0.334 e. The number of benzene rings is 1. The highest BCUT2D eigenvalue weighted by Gasteiger charge is 2.31. The van der Waals surface area contributed by atoms with Crippen LogP contribution in [0, 0.1) is 0 Å². The standard InChI is InChI=1S/C25H30N4OS2/c1-2-22-21-9-15-31-23(21)8-10-29(22)24(30)17-28-13-11-27(12-14-28)16-20-18-32-25(26-20)19-6-4-3-5-7-19/h3-7,9,15,18,22H,2,8,10-14,16-17H2,1H3. The molecule has 7 heteroatoms. The first-order valence-electron chi connectivity index (χ1n) is 11.5. The molecular formula is C25H30N4OS2. The van der Waals surface area contributed by atoms with E-state index >= 15 is 0 Å². The van der Waals surface area contributed by atoms with Crippen LogP contribution < -0.4 is 0 Å². The highest BCUT2D eigenvalue weighted by Crippen LogP contribution is 2.35. The normalized spacial score (nSPS) is 19.8. The SMILES string of the molecule is CCC1c2ccsc2CCN1C(=O)CN1CCN(Cc2csc(-c3ccccc3)n2)CC1. The summed E-state index contributed by atoms with van der Waals surface area (Å²) in [7, 11) is 0. The predicted octanol–water partition coefficient (Wildman–Crippen LogP) is 4.53. The summed E-state index contributed by atoms with van der Waals surface area (Å²) in [5.41, 5.74) is 3.70. The van der Waals surface area contributed by atoms with Crippen LogP contribution in [-0.4, -0.2) is 64.9 Å². The van der Waals surface area contributed by atoms with Crippen molar-refractivity contribution < 1.29 is 4.79 Å². The van der Waals surface area contributed by atoms with Crippen molar-refractivity contribution in [2.75, 3.05) is 39.3 Å². The van der Waals surface area contributed by atoms with E-state index in [1.807, 2.05) is 17.4 Å². The minimum absolute atomic E-state index is 0.252. The number of thiazole rings is 1. The Balaban J connectivity index is 1.12. The summed E-state index contributed by atoms with van der Waals surface area (Å²) in [6.45, 7) is 8.32. The third-order valence-corrected chi connectivity index (χ3v) is 8.52. The van der Waals surface area contributed by atoms with E-state index in [-0.39, 0.29) is 11.9 Å². The number of piperazine rings is 1. The van der Waals surface area contributed by atoms with Crippen molar-refractivity contribution in [3.8, 4) is 10.6 Å². The molecule has 1 fully saturated rings. The zero-order valence-electron chi connectivity index (χ0n) is 18.6. The van der Waals surface area contributed by atoms with Gasteiger partial charge in [-0.15, -0.1) is 22.7 Å². The maximum atomic E-state index is 13.1. The molecule has 5 rings (SSSR count). The van der Waals surface area contributed by atoms with Crippen molar-refractivity contribution >= 4 is 28.6 Å². The Hall–Kier alpha value is -2.06. The van der Waals surface area contributed by atoms with Gasteiger partial charge in [0.15, 0.2) is 0 Å². The number of carbonyl (C=O) groups excluding carboxylic acids is 1. The second kappa shape index (κ2) is 9.83. The van der Waals surface area contributed by atoms with Gasteiger partial charge in [-0.3, -0.25) is 14.6 Å². The van der Waals surface area contributed by atoms with Crippen LogP contribution in [0.5, 0.6) is 0 Å². The number of nitrogens with zero attached hydrogens (tertiary/aromatic N) is 4. The first-order valence-corrected chi connectivity index (χ1v) is 13.3. The van der Waals surface area contributed by atoms with E-state index in [0.29, 0.717) is 6.54 Å². The summed E-state index contributed by atoms with van der Waals surface area (Å²) in [5.74, 6) is 0.286. The molecule has 5 nitrogen and oxygen atoms in total. The summed E-state index contributed by atoms with van der Waals surface area (Å²) < 4.78 is 0. The van der Waals surface area contributed by atoms with Gasteiger partial charge in [0.25, 0.3) is 0 Å². The predicted molar refractivity (Wildman–Crippen MR) is 132 cm³/mol. The zero-order valence-corrected chi connectivity index (χ0v) is 20.2. The maximum Gasteiger partial charge on any atom is 0.237 e. The Bertz CT molecular complexity index is 1040. The van der Waals surface area contributed by atoms with Crippen LogP contribution in [0.2, 0.25) is 0 Å². The molecule has 0 N–H and O–H groups in total. The second-order valence-corrected chi connectivity index (χ2v) is 10.5. The molecule has 1 aromatic carbocycles. The fourth-order valence-corrected chi connectivity index (χ4v) is 6.59. The third-order valence-electron chi connectivity index (χ3n) is 6.58. The van der Waals surface area contributed by atoms with Gasteiger partial charge >= 0.3 is 0 Å². The molecular weight excluding hydrogens is 436 g/mol. The topological polar surface area (TPSA) is 39.7 Å². The lowest BCUT2D eigenvalue weighted by Gasteiger charge is -2.38. The average Bonchev–Trinajstić information content (AvgIpc) is 3.50. The van der Waals surface area contributed by atoms with Gasteiger partial charge < -0.3 is 4.90 Å². The van der Waals surface area contributed by atoms with Crippen molar-refractivity contribution in [1.29, 1.82) is 0 Å². The van der Waals surface area contributed by atoms with Crippen LogP contribution >= 0.6 is 22.7 Å². The minimum Gasteiger partial charge on any atom is -0.334 e. The molecule has 2 aliphatic rings. The lowest BCUT2D eigenvalue weighted by molar-refractivity contribution is -0.135. The molecule has 0 radical (unpaired) electrons. The molecule has 1 amide bonds. The van der Waals surface area contributed by atoms with Crippen molar-refractivity contribution in [3.63, 3.8) is 0 Å². The highest BCUT2D eigenvalue weighted by molar-refractivity contribution is 7.13. The summed E-state index contributed by atoms with van der Waals surface area (Å²) in [5, 5.41) is 5.44. The minimum atomic E-state index is 0.252. The van der Waals surface area contributed by atoms with E-state index < -0.39 is 0 Å². The number of hydrogen-bond donors (Lipinski definition) is 0. The summed E-state index contributed by atoms with van der Waals surface area (Å²) in [6.07, 6.45) is 1.99. The molecule has 1 saturated heterocycles. The Labute approximate surface area is 198 Å². The van der Waals surface area contributed by atoms with Crippen LogP contribution in [0.25, 0.3) is 10.6 Å². The molecule has 0 saturated carbocycles. The van der Waals surface area contributed by atoms with Crippen LogP contribution in [-0.2, 0) is 17.8 Å². The Kier molecular flexibility index (Phi) is 6.69. The van der Waals surface area contributed by atoms with E-state index in [2.05, 4.69) is 62.7 Å². The number of amides is 1. The number of hydrogen-bond acceptors (Lipinski definition) is 6. The molecule has 0 spiro atoms. The molecule has 4 heterocycles. The number of fused-ring (bicyclic) bond motifs is 1. The van der Waals surface area contributed by atoms with Crippen molar-refractivity contribution in [2.45, 2.75) is 32.4 Å². The number of aromatic nitrogens is 1. The lowest BCUT2D eigenvalue weighted by Crippen LogP contribution is -2.51. The van der Waals surface area contributed by atoms with Crippen molar-refractivity contribution in [1.82, 2.24) is 19.7 Å². The van der Waals surface area contributed by atoms with Gasteiger partial charge in [0.1, 0.15) is 5.01 Å². The number of thiophene rings is 1. The molecule has 2 aliphatic heterocycles. The molecule has 2 aromatic heterocycles. The van der Waals surface area contributed by atoms with Gasteiger partial charge in [-0.25, -0.2) is 4.98 Å². The van der Waals surface area contributed by atoms with Crippen LogP contribution in [0.15, 0.2) is 47.2 Å². The number of rotatable bonds is 6. The monoisotopic (exact) mass is 466 g/mol. The quantitative estimate of drug-likeness (QED) is 0.535. The van der Waals surface area contributed by atoms with Crippen molar-refractivity contribution in [3.05, 3.63) is 63.3 Å². The van der Waals surface area contributed by atoms with E-state index in [1.54, 1.807) is 11.3 Å². The van der Waals surface area contributed by atoms with Gasteiger partial charge in [-0.1, -0.05) is 37.3 Å². The molecule has 3 aromatic rings. The number of carbonyl (C=O) groups is 1. The average molecular weight is 467 g/mol. The maximum absolute atomic E-state index is 13.1. The first-order chi connectivity index (χ1) is 15.7. The Morgan fingerprint density at radius 1 is 1.03 bits per heavy atom. The Morgan fingerprint density at radius 2 is 1.81 bits per heavy atom. The van der Waals surface area contributed by atoms with Crippen LogP contribution in [0.1, 0.15) is 35.5 Å². The first kappa shape index (κ1) is 21.8. The fourth-order valence-electron chi connectivity index (χ4n) is 4.84. The smallest absolute Gasteiger partial charge is 0.237 e. The summed E-state index contributed by atoms with van der Waals surface area (Å²) >= 11 is 3.55. The van der Waals surface area contributed by atoms with Crippen molar-refractivity contribution in [2.24, 2.45) is 0 Å². The summed E-state index contributed by atoms with van der Waals surface area (Å²) in [4.78, 5) is 26.4. The fraction of sp³-hybridized carbons (Fsp3) is 0.440. The lowest BCUT2D eigenvalue weighted by atomic mass is 9.97. The molecule has 0 bridgehead atoms. The van der Waals surface area contributed by atoms with Gasteiger partial charge in [0.2, 0.25) is 5.91 Å². The van der Waals surface area contributed by atoms with Gasteiger partial charge in [-0.05, 0) is 29.9 Å². The third kappa shape index (κ3) is 4.66. The molecule has 1 atom stereocenters. The zero-order chi connectivity index (χ0) is 21.9. The molecule has 32 heavy (non-hydrogen) atoms. The van der Waals surface area contributed by atoms with E-state index in [1.165, 1.54) is 16.0 Å². The molecule has 0 aliphatic carbocycles. The highest BCUT2D eigenvalue weighted by atomic mass is 32.1. The Morgan fingerprint density at radius 3 is 2.59 bits per heavy atom. The van der Waals surface area contributed by atoms with E-state index in [9.17, 15) is 4.79 Å². The summed E-state index contributed by atoms with van der Waals surface area (Å²) in [6, 6.07) is 12.9. The second-order valence-electron chi connectivity index (χ2n) is 8.62.